The molecule has 2 nitrogen and oxygen atoms in total. The van der Waals surface area contributed by atoms with Crippen LogP contribution in [0.2, 0.25) is 0 Å². The lowest BCUT2D eigenvalue weighted by atomic mass is 10.0. The molecule has 0 fully saturated rings. The van der Waals surface area contributed by atoms with E-state index in [-0.39, 0.29) is 17.7 Å². The molecule has 0 spiro atoms. The van der Waals surface area contributed by atoms with Gasteiger partial charge in [0, 0.05) is 5.56 Å². The van der Waals surface area contributed by atoms with Gasteiger partial charge in [-0.2, -0.15) is 18.3 Å². The second-order valence-corrected chi connectivity index (χ2v) is 5.51. The van der Waals surface area contributed by atoms with E-state index in [9.17, 15) is 17.6 Å². The zero-order valence-corrected chi connectivity index (χ0v) is 12.8. The lowest BCUT2D eigenvalue weighted by Crippen LogP contribution is -2.16. The Morgan fingerprint density at radius 3 is 2.38 bits per heavy atom. The predicted molar refractivity (Wildman–Crippen MR) is 82.9 cm³/mol. The standard InChI is InChI=1S/C18H14F4N2/c1-12-7-8-14(9-16(12)19)15-10-23-24(17(15)18(20,21)22)11-13-5-3-2-4-6-13/h2-10H,11H2,1H3. The van der Waals surface area contributed by atoms with Crippen molar-refractivity contribution in [2.24, 2.45) is 0 Å². The summed E-state index contributed by atoms with van der Waals surface area (Å²) >= 11 is 0. The van der Waals surface area contributed by atoms with Crippen LogP contribution in [0.15, 0.2) is 54.7 Å². The number of benzene rings is 2. The second-order valence-electron chi connectivity index (χ2n) is 5.51. The normalized spacial score (nSPS) is 11.7. The highest BCUT2D eigenvalue weighted by atomic mass is 19.4. The molecule has 0 amide bonds. The molecule has 0 atom stereocenters. The average molecular weight is 334 g/mol. The molecule has 0 saturated heterocycles. The molecule has 0 aliphatic rings. The van der Waals surface area contributed by atoms with Gasteiger partial charge in [-0.15, -0.1) is 0 Å². The molecule has 6 heteroatoms. The molecule has 1 heterocycles. The summed E-state index contributed by atoms with van der Waals surface area (Å²) in [5.41, 5.74) is 0.230. The van der Waals surface area contributed by atoms with Gasteiger partial charge in [0.1, 0.15) is 5.82 Å². The maximum atomic E-state index is 13.7. The third kappa shape index (κ3) is 3.18. The third-order valence-corrected chi connectivity index (χ3v) is 3.77. The summed E-state index contributed by atoms with van der Waals surface area (Å²) in [6.07, 6.45) is -3.46. The summed E-state index contributed by atoms with van der Waals surface area (Å²) < 4.78 is 55.3. The van der Waals surface area contributed by atoms with Crippen LogP contribution in [0, 0.1) is 12.7 Å². The van der Waals surface area contributed by atoms with Crippen LogP contribution in [0.1, 0.15) is 16.8 Å². The van der Waals surface area contributed by atoms with E-state index in [1.54, 1.807) is 37.3 Å². The average Bonchev–Trinajstić information content (AvgIpc) is 2.95. The number of hydrogen-bond acceptors (Lipinski definition) is 1. The molecular formula is C18H14F4N2. The van der Waals surface area contributed by atoms with Crippen molar-refractivity contribution in [1.29, 1.82) is 0 Å². The first-order chi connectivity index (χ1) is 11.4. The Labute approximate surface area is 136 Å². The maximum absolute atomic E-state index is 13.7. The Morgan fingerprint density at radius 1 is 1.04 bits per heavy atom. The summed E-state index contributed by atoms with van der Waals surface area (Å²) in [6, 6.07) is 12.8. The van der Waals surface area contributed by atoms with E-state index < -0.39 is 17.7 Å². The topological polar surface area (TPSA) is 17.8 Å². The predicted octanol–water partition coefficient (Wildman–Crippen LogP) is 5.06. The third-order valence-electron chi connectivity index (χ3n) is 3.77. The molecule has 3 rings (SSSR count). The van der Waals surface area contributed by atoms with Crippen molar-refractivity contribution in [1.82, 2.24) is 9.78 Å². The SMILES string of the molecule is Cc1ccc(-c2cnn(Cc3ccccc3)c2C(F)(F)F)cc1F. The van der Waals surface area contributed by atoms with Crippen LogP contribution in [0.3, 0.4) is 0 Å². The molecule has 1 aromatic heterocycles. The van der Waals surface area contributed by atoms with Gasteiger partial charge >= 0.3 is 6.18 Å². The zero-order valence-electron chi connectivity index (χ0n) is 12.8. The quantitative estimate of drug-likeness (QED) is 0.612. The van der Waals surface area contributed by atoms with Gasteiger partial charge in [0.25, 0.3) is 0 Å². The molecule has 0 radical (unpaired) electrons. The van der Waals surface area contributed by atoms with Gasteiger partial charge < -0.3 is 0 Å². The minimum Gasteiger partial charge on any atom is -0.255 e. The monoisotopic (exact) mass is 334 g/mol. The number of nitrogens with zero attached hydrogens (tertiary/aromatic N) is 2. The molecule has 24 heavy (non-hydrogen) atoms. The van der Waals surface area contributed by atoms with Gasteiger partial charge in [-0.25, -0.2) is 4.39 Å². The van der Waals surface area contributed by atoms with Crippen LogP contribution in [-0.2, 0) is 12.7 Å². The van der Waals surface area contributed by atoms with Crippen LogP contribution in [-0.4, -0.2) is 9.78 Å². The Hall–Kier alpha value is -2.63. The van der Waals surface area contributed by atoms with Gasteiger partial charge in [-0.1, -0.05) is 42.5 Å². The van der Waals surface area contributed by atoms with Crippen molar-refractivity contribution < 1.29 is 17.6 Å². The van der Waals surface area contributed by atoms with Gasteiger partial charge in [0.05, 0.1) is 12.7 Å². The number of aromatic nitrogens is 2. The Bertz CT molecular complexity index is 851. The molecule has 2 aromatic carbocycles. The molecule has 0 saturated carbocycles. The van der Waals surface area contributed by atoms with Crippen molar-refractivity contribution >= 4 is 0 Å². The van der Waals surface area contributed by atoms with Crippen LogP contribution in [0.25, 0.3) is 11.1 Å². The summed E-state index contributed by atoms with van der Waals surface area (Å²) in [4.78, 5) is 0. The van der Waals surface area contributed by atoms with Crippen molar-refractivity contribution in [3.63, 3.8) is 0 Å². The van der Waals surface area contributed by atoms with E-state index >= 15 is 0 Å². The van der Waals surface area contributed by atoms with Gasteiger partial charge in [-0.3, -0.25) is 4.68 Å². The van der Waals surface area contributed by atoms with E-state index in [1.807, 2.05) is 0 Å². The highest BCUT2D eigenvalue weighted by molar-refractivity contribution is 5.66. The Balaban J connectivity index is 2.09. The largest absolute Gasteiger partial charge is 0.433 e. The second kappa shape index (κ2) is 6.11. The summed E-state index contributed by atoms with van der Waals surface area (Å²) in [6.45, 7) is 1.55. The number of alkyl halides is 3. The fourth-order valence-corrected chi connectivity index (χ4v) is 2.53. The van der Waals surface area contributed by atoms with Gasteiger partial charge in [0.2, 0.25) is 0 Å². The van der Waals surface area contributed by atoms with Crippen molar-refractivity contribution in [3.05, 3.63) is 77.4 Å². The Kier molecular flexibility index (Phi) is 4.13. The van der Waals surface area contributed by atoms with E-state index in [2.05, 4.69) is 5.10 Å². The first-order valence-corrected chi connectivity index (χ1v) is 7.29. The number of hydrogen-bond donors (Lipinski definition) is 0. The molecule has 124 valence electrons. The van der Waals surface area contributed by atoms with Crippen molar-refractivity contribution in [2.45, 2.75) is 19.6 Å². The fraction of sp³-hybridized carbons (Fsp3) is 0.167. The zero-order chi connectivity index (χ0) is 17.3. The molecule has 0 N–H and O–H groups in total. The molecule has 3 aromatic rings. The van der Waals surface area contributed by atoms with Crippen LogP contribution in [0.5, 0.6) is 0 Å². The highest BCUT2D eigenvalue weighted by Gasteiger charge is 2.38. The minimum absolute atomic E-state index is 0.00989. The van der Waals surface area contributed by atoms with Crippen LogP contribution < -0.4 is 0 Å². The van der Waals surface area contributed by atoms with E-state index in [1.165, 1.54) is 12.1 Å². The minimum atomic E-state index is -4.60. The molecule has 0 aliphatic heterocycles. The smallest absolute Gasteiger partial charge is 0.255 e. The number of rotatable bonds is 3. The van der Waals surface area contributed by atoms with E-state index in [0.29, 0.717) is 11.1 Å². The summed E-state index contributed by atoms with van der Waals surface area (Å²) in [7, 11) is 0. The van der Waals surface area contributed by atoms with Crippen LogP contribution >= 0.6 is 0 Å². The molecule has 0 aliphatic carbocycles. The summed E-state index contributed by atoms with van der Waals surface area (Å²) in [5.74, 6) is -0.545. The van der Waals surface area contributed by atoms with Gasteiger partial charge in [0.15, 0.2) is 5.69 Å². The summed E-state index contributed by atoms with van der Waals surface area (Å²) in [5, 5.41) is 3.88. The van der Waals surface area contributed by atoms with Gasteiger partial charge in [-0.05, 0) is 29.7 Å². The number of aryl methyl sites for hydroxylation is 1. The Morgan fingerprint density at radius 2 is 1.75 bits per heavy atom. The van der Waals surface area contributed by atoms with E-state index in [4.69, 9.17) is 0 Å². The fourth-order valence-electron chi connectivity index (χ4n) is 2.53. The van der Waals surface area contributed by atoms with Crippen molar-refractivity contribution in [2.75, 3.05) is 0 Å². The van der Waals surface area contributed by atoms with Crippen LogP contribution in [0.4, 0.5) is 17.6 Å². The molecule has 0 unspecified atom stereocenters. The maximum Gasteiger partial charge on any atom is 0.433 e. The lowest BCUT2D eigenvalue weighted by molar-refractivity contribution is -0.143. The first kappa shape index (κ1) is 16.2. The molecular weight excluding hydrogens is 320 g/mol. The first-order valence-electron chi connectivity index (χ1n) is 7.29. The highest BCUT2D eigenvalue weighted by Crippen LogP contribution is 2.37. The van der Waals surface area contributed by atoms with E-state index in [0.717, 1.165) is 16.9 Å². The number of halogens is 4. The van der Waals surface area contributed by atoms with Crippen molar-refractivity contribution in [3.8, 4) is 11.1 Å². The molecule has 0 bridgehead atoms. The lowest BCUT2D eigenvalue weighted by Gasteiger charge is -2.13.